The third-order valence-corrected chi connectivity index (χ3v) is 4.02. The maximum absolute atomic E-state index is 11.8. The summed E-state index contributed by atoms with van der Waals surface area (Å²) >= 11 is 1.52. The van der Waals surface area contributed by atoms with Crippen molar-refractivity contribution in [3.05, 3.63) is 46.0 Å². The highest BCUT2D eigenvalue weighted by Gasteiger charge is 2.29. The van der Waals surface area contributed by atoms with Crippen LogP contribution >= 0.6 is 11.8 Å². The van der Waals surface area contributed by atoms with E-state index in [9.17, 15) is 10.1 Å². The largest absolute Gasteiger partial charge is 0.320 e. The van der Waals surface area contributed by atoms with Crippen LogP contribution in [0.15, 0.2) is 34.9 Å². The van der Waals surface area contributed by atoms with E-state index in [-0.39, 0.29) is 11.8 Å². The Bertz CT molecular complexity index is 555. The molecule has 0 aliphatic carbocycles. The lowest BCUT2D eigenvalue weighted by Crippen LogP contribution is -2.30. The first kappa shape index (κ1) is 13.7. The van der Waals surface area contributed by atoms with Crippen molar-refractivity contribution in [1.29, 1.82) is 5.26 Å². The van der Waals surface area contributed by atoms with Gasteiger partial charge in [-0.15, -0.1) is 11.8 Å². The number of carbonyl (C=O) groups excluding carboxylic acids is 1. The van der Waals surface area contributed by atoms with Crippen LogP contribution in [0.2, 0.25) is 0 Å². The van der Waals surface area contributed by atoms with E-state index in [1.807, 2.05) is 38.1 Å². The fourth-order valence-corrected chi connectivity index (χ4v) is 2.98. The lowest BCUT2D eigenvalue weighted by Gasteiger charge is -2.24. The van der Waals surface area contributed by atoms with Crippen LogP contribution in [-0.4, -0.2) is 11.7 Å². The van der Waals surface area contributed by atoms with Gasteiger partial charge in [0.25, 0.3) is 0 Å². The van der Waals surface area contributed by atoms with Crippen LogP contribution in [0.5, 0.6) is 0 Å². The third kappa shape index (κ3) is 2.99. The van der Waals surface area contributed by atoms with Crippen LogP contribution in [0.3, 0.4) is 0 Å². The van der Waals surface area contributed by atoms with Gasteiger partial charge >= 0.3 is 0 Å². The molecule has 4 heteroatoms. The van der Waals surface area contributed by atoms with Gasteiger partial charge < -0.3 is 5.32 Å². The molecule has 1 atom stereocenters. The number of benzene rings is 1. The molecule has 3 nitrogen and oxygen atoms in total. The number of hydrogen-bond acceptors (Lipinski definition) is 3. The van der Waals surface area contributed by atoms with E-state index in [2.05, 4.69) is 11.4 Å². The fourth-order valence-electron chi connectivity index (χ4n) is 2.16. The van der Waals surface area contributed by atoms with Crippen LogP contribution < -0.4 is 5.32 Å². The normalized spacial score (nSPS) is 19.0. The van der Waals surface area contributed by atoms with Gasteiger partial charge in [-0.3, -0.25) is 4.79 Å². The second-order valence-corrected chi connectivity index (χ2v) is 5.78. The summed E-state index contributed by atoms with van der Waals surface area (Å²) in [4.78, 5) is 11.8. The number of aryl methyl sites for hydroxylation is 1. The number of hydrogen-bond donors (Lipinski definition) is 1. The van der Waals surface area contributed by atoms with Gasteiger partial charge in [0.15, 0.2) is 0 Å². The summed E-state index contributed by atoms with van der Waals surface area (Å²) in [5.41, 5.74) is 2.89. The van der Waals surface area contributed by atoms with Crippen molar-refractivity contribution in [2.24, 2.45) is 0 Å². The van der Waals surface area contributed by atoms with Gasteiger partial charge in [-0.25, -0.2) is 0 Å². The SMILES string of the molecule is CCSC1=C(C#N)[C@H](c2ccc(C)cc2)CC(=O)N1. The number of nitrogens with one attached hydrogen (secondary N) is 1. The van der Waals surface area contributed by atoms with Crippen molar-refractivity contribution in [3.63, 3.8) is 0 Å². The zero-order valence-electron chi connectivity index (χ0n) is 11.1. The highest BCUT2D eigenvalue weighted by atomic mass is 32.2. The minimum Gasteiger partial charge on any atom is -0.320 e. The Hall–Kier alpha value is -1.73. The molecule has 1 aliphatic rings. The number of nitriles is 1. The Balaban J connectivity index is 2.42. The Morgan fingerprint density at radius 3 is 2.68 bits per heavy atom. The lowest BCUT2D eigenvalue weighted by molar-refractivity contribution is -0.120. The summed E-state index contributed by atoms with van der Waals surface area (Å²) in [5, 5.41) is 12.9. The highest BCUT2D eigenvalue weighted by molar-refractivity contribution is 8.03. The Morgan fingerprint density at radius 1 is 1.42 bits per heavy atom. The zero-order valence-corrected chi connectivity index (χ0v) is 11.9. The van der Waals surface area contributed by atoms with Crippen molar-refractivity contribution < 1.29 is 4.79 Å². The van der Waals surface area contributed by atoms with E-state index in [0.717, 1.165) is 11.3 Å². The van der Waals surface area contributed by atoms with E-state index in [4.69, 9.17) is 0 Å². The molecule has 0 saturated heterocycles. The average molecular weight is 272 g/mol. The van der Waals surface area contributed by atoms with E-state index in [1.165, 1.54) is 17.3 Å². The smallest absolute Gasteiger partial charge is 0.225 e. The molecule has 0 aromatic heterocycles. The summed E-state index contributed by atoms with van der Waals surface area (Å²) in [7, 11) is 0. The van der Waals surface area contributed by atoms with Gasteiger partial charge in [-0.05, 0) is 18.2 Å². The molecule has 2 rings (SSSR count). The molecule has 0 saturated carbocycles. The summed E-state index contributed by atoms with van der Waals surface area (Å²) in [6.07, 6.45) is 0.347. The topological polar surface area (TPSA) is 52.9 Å². The van der Waals surface area contributed by atoms with Crippen LogP contribution in [0, 0.1) is 18.3 Å². The van der Waals surface area contributed by atoms with E-state index in [0.29, 0.717) is 17.0 Å². The molecule has 1 N–H and O–H groups in total. The number of allylic oxidation sites excluding steroid dienone is 1. The zero-order chi connectivity index (χ0) is 13.8. The molecule has 1 amide bonds. The number of carbonyl (C=O) groups is 1. The van der Waals surface area contributed by atoms with E-state index in [1.54, 1.807) is 0 Å². The van der Waals surface area contributed by atoms with Crippen molar-refractivity contribution in [1.82, 2.24) is 5.32 Å². The predicted molar refractivity (Wildman–Crippen MR) is 77.5 cm³/mol. The van der Waals surface area contributed by atoms with Gasteiger partial charge in [0.05, 0.1) is 16.7 Å². The summed E-state index contributed by atoms with van der Waals surface area (Å²) in [5.74, 6) is 0.704. The molecule has 19 heavy (non-hydrogen) atoms. The second kappa shape index (κ2) is 5.94. The first-order valence-electron chi connectivity index (χ1n) is 6.29. The quantitative estimate of drug-likeness (QED) is 0.920. The molecule has 0 spiro atoms. The summed E-state index contributed by atoms with van der Waals surface area (Å²) < 4.78 is 0. The summed E-state index contributed by atoms with van der Waals surface area (Å²) in [6, 6.07) is 10.3. The fraction of sp³-hybridized carbons (Fsp3) is 0.333. The molecule has 0 radical (unpaired) electrons. The van der Waals surface area contributed by atoms with Crippen molar-refractivity contribution in [2.75, 3.05) is 5.75 Å². The number of amides is 1. The molecule has 1 aliphatic heterocycles. The average Bonchev–Trinajstić information content (AvgIpc) is 2.39. The molecule has 0 bridgehead atoms. The number of rotatable bonds is 3. The van der Waals surface area contributed by atoms with Gasteiger partial charge in [0.1, 0.15) is 0 Å². The Labute approximate surface area is 117 Å². The van der Waals surface area contributed by atoms with Gasteiger partial charge in [0, 0.05) is 12.3 Å². The molecule has 1 heterocycles. The predicted octanol–water partition coefficient (Wildman–Crippen LogP) is 3.09. The first-order chi connectivity index (χ1) is 9.15. The Kier molecular flexibility index (Phi) is 4.28. The lowest BCUT2D eigenvalue weighted by atomic mass is 9.87. The van der Waals surface area contributed by atoms with E-state index >= 15 is 0 Å². The van der Waals surface area contributed by atoms with Crippen LogP contribution in [0.4, 0.5) is 0 Å². The number of nitrogens with zero attached hydrogens (tertiary/aromatic N) is 1. The third-order valence-electron chi connectivity index (χ3n) is 3.12. The molecule has 1 aromatic carbocycles. The van der Waals surface area contributed by atoms with Crippen LogP contribution in [0.25, 0.3) is 0 Å². The minimum atomic E-state index is -0.117. The Morgan fingerprint density at radius 2 is 2.11 bits per heavy atom. The van der Waals surface area contributed by atoms with Gasteiger partial charge in [0.2, 0.25) is 5.91 Å². The molecule has 0 fully saturated rings. The first-order valence-corrected chi connectivity index (χ1v) is 7.27. The van der Waals surface area contributed by atoms with Crippen molar-refractivity contribution in [2.45, 2.75) is 26.2 Å². The standard InChI is InChI=1S/C15H16N2OS/c1-3-19-15-13(9-16)12(8-14(18)17-15)11-6-4-10(2)5-7-11/h4-7,12H,3,8H2,1-2H3,(H,17,18)/t12-/m0/s1. The number of thioether (sulfide) groups is 1. The molecule has 98 valence electrons. The highest BCUT2D eigenvalue weighted by Crippen LogP contribution is 2.35. The van der Waals surface area contributed by atoms with E-state index < -0.39 is 0 Å². The second-order valence-electron chi connectivity index (χ2n) is 4.50. The summed E-state index contributed by atoms with van der Waals surface area (Å²) in [6.45, 7) is 4.03. The van der Waals surface area contributed by atoms with Crippen molar-refractivity contribution in [3.8, 4) is 6.07 Å². The minimum absolute atomic E-state index is 0.0134. The molecular weight excluding hydrogens is 256 g/mol. The van der Waals surface area contributed by atoms with Crippen molar-refractivity contribution >= 4 is 17.7 Å². The monoisotopic (exact) mass is 272 g/mol. The maximum Gasteiger partial charge on any atom is 0.225 e. The van der Waals surface area contributed by atoms with Crippen LogP contribution in [-0.2, 0) is 4.79 Å². The maximum atomic E-state index is 11.8. The van der Waals surface area contributed by atoms with Gasteiger partial charge in [-0.1, -0.05) is 36.8 Å². The molecule has 0 unspecified atom stereocenters. The molecular formula is C15H16N2OS. The molecule has 1 aromatic rings. The van der Waals surface area contributed by atoms with Gasteiger partial charge in [-0.2, -0.15) is 5.26 Å². The van der Waals surface area contributed by atoms with Crippen LogP contribution in [0.1, 0.15) is 30.4 Å².